The van der Waals surface area contributed by atoms with Gasteiger partial charge in [0.1, 0.15) is 0 Å². The summed E-state index contributed by atoms with van der Waals surface area (Å²) in [5, 5.41) is 2.37. The molecule has 0 aliphatic carbocycles. The minimum Gasteiger partial charge on any atom is -0.379 e. The number of aliphatic imine (C=N–C) groups is 1. The van der Waals surface area contributed by atoms with Gasteiger partial charge < -0.3 is 4.74 Å². The Morgan fingerprint density at radius 3 is 3.11 bits per heavy atom. The number of hydrogen-bond donors (Lipinski definition) is 0. The van der Waals surface area contributed by atoms with Crippen LogP contribution in [0.2, 0.25) is 0 Å². The second kappa shape index (κ2) is 3.72. The summed E-state index contributed by atoms with van der Waals surface area (Å²) in [6.07, 6.45) is 2.20. The number of thiocarbonyl (C=S) groups is 1. The van der Waals surface area contributed by atoms with Crippen LogP contribution in [0, 0.1) is 0 Å². The Morgan fingerprint density at radius 2 is 2.56 bits per heavy atom. The summed E-state index contributed by atoms with van der Waals surface area (Å²) in [6.45, 7) is 1.60. The van der Waals surface area contributed by atoms with Crippen molar-refractivity contribution in [1.82, 2.24) is 0 Å². The van der Waals surface area contributed by atoms with Crippen molar-refractivity contribution in [3.8, 4) is 0 Å². The topological polar surface area (TPSA) is 21.6 Å². The van der Waals surface area contributed by atoms with Crippen LogP contribution in [-0.4, -0.2) is 24.4 Å². The van der Waals surface area contributed by atoms with E-state index in [0.717, 1.165) is 26.1 Å². The van der Waals surface area contributed by atoms with Crippen molar-refractivity contribution < 1.29 is 4.74 Å². The third-order valence-corrected chi connectivity index (χ3v) is 1.48. The molecule has 3 heteroatoms. The third-order valence-electron chi connectivity index (χ3n) is 1.37. The molecular weight excluding hydrogens is 134 g/mol. The molecule has 2 nitrogen and oxygen atoms in total. The fourth-order valence-corrected chi connectivity index (χ4v) is 1.05. The molecule has 50 valence electrons. The van der Waals surface area contributed by atoms with Crippen molar-refractivity contribution in [1.29, 1.82) is 0 Å². The Kier molecular flexibility index (Phi) is 2.84. The minimum absolute atomic E-state index is 0.288. The van der Waals surface area contributed by atoms with Crippen LogP contribution in [0.15, 0.2) is 4.99 Å². The van der Waals surface area contributed by atoms with Crippen LogP contribution >= 0.6 is 12.2 Å². The lowest BCUT2D eigenvalue weighted by molar-refractivity contribution is 0.0831. The zero-order valence-corrected chi connectivity index (χ0v) is 5.99. The van der Waals surface area contributed by atoms with Crippen LogP contribution in [-0.2, 0) is 4.74 Å². The number of isothiocyanates is 1. The third kappa shape index (κ3) is 2.22. The highest BCUT2D eigenvalue weighted by Gasteiger charge is 2.10. The quantitative estimate of drug-likeness (QED) is 0.407. The smallest absolute Gasteiger partial charge is 0.0836 e. The molecule has 0 saturated carbocycles. The maximum Gasteiger partial charge on any atom is 0.0836 e. The van der Waals surface area contributed by atoms with Crippen LogP contribution < -0.4 is 0 Å². The first-order chi connectivity index (χ1) is 4.43. The summed E-state index contributed by atoms with van der Waals surface area (Å²) in [6, 6.07) is 0.288. The van der Waals surface area contributed by atoms with Gasteiger partial charge in [-0.2, -0.15) is 0 Å². The van der Waals surface area contributed by atoms with Crippen LogP contribution in [0.3, 0.4) is 0 Å². The lowest BCUT2D eigenvalue weighted by Crippen LogP contribution is -2.19. The normalized spacial score (nSPS) is 26.9. The highest BCUT2D eigenvalue weighted by atomic mass is 32.1. The summed E-state index contributed by atoms with van der Waals surface area (Å²) in [5.41, 5.74) is 0. The first-order valence-corrected chi connectivity index (χ1v) is 3.49. The van der Waals surface area contributed by atoms with Gasteiger partial charge in [0.05, 0.1) is 17.8 Å². The van der Waals surface area contributed by atoms with Crippen molar-refractivity contribution in [3.05, 3.63) is 0 Å². The van der Waals surface area contributed by atoms with Crippen LogP contribution in [0.4, 0.5) is 0 Å². The van der Waals surface area contributed by atoms with Gasteiger partial charge in [-0.1, -0.05) is 0 Å². The summed E-state index contributed by atoms with van der Waals surface area (Å²) < 4.78 is 5.15. The molecule has 0 amide bonds. The first-order valence-electron chi connectivity index (χ1n) is 3.08. The molecule has 0 aromatic carbocycles. The van der Waals surface area contributed by atoms with Gasteiger partial charge in [-0.15, -0.1) is 0 Å². The number of nitrogens with zero attached hydrogens (tertiary/aromatic N) is 1. The Bertz CT molecular complexity index is 125. The van der Waals surface area contributed by atoms with E-state index >= 15 is 0 Å². The van der Waals surface area contributed by atoms with Gasteiger partial charge in [0.15, 0.2) is 0 Å². The molecule has 0 spiro atoms. The molecule has 0 bridgehead atoms. The standard InChI is InChI=1S/C6H9NOS/c9-5-7-6-2-1-3-8-4-6/h6H,1-4H2/t6-/m1/s1. The van der Waals surface area contributed by atoms with E-state index in [0.29, 0.717) is 0 Å². The molecule has 1 atom stereocenters. The molecule has 1 fully saturated rings. The molecule has 0 radical (unpaired) electrons. The molecule has 0 N–H and O–H groups in total. The molecule has 1 saturated heterocycles. The zero-order chi connectivity index (χ0) is 6.53. The largest absolute Gasteiger partial charge is 0.379 e. The average Bonchev–Trinajstić information content (AvgIpc) is 1.91. The van der Waals surface area contributed by atoms with Crippen molar-refractivity contribution >= 4 is 17.4 Å². The van der Waals surface area contributed by atoms with E-state index in [4.69, 9.17) is 4.74 Å². The Morgan fingerprint density at radius 1 is 1.67 bits per heavy atom. The van der Waals surface area contributed by atoms with Gasteiger partial charge >= 0.3 is 0 Å². The Hall–Kier alpha value is -0.240. The molecule has 0 unspecified atom stereocenters. The zero-order valence-electron chi connectivity index (χ0n) is 5.17. The SMILES string of the molecule is S=C=N[C@@H]1CCCOC1. The molecule has 1 heterocycles. The lowest BCUT2D eigenvalue weighted by Gasteiger charge is -2.16. The van der Waals surface area contributed by atoms with E-state index in [-0.39, 0.29) is 6.04 Å². The first kappa shape index (κ1) is 6.87. The van der Waals surface area contributed by atoms with E-state index in [9.17, 15) is 0 Å². The van der Waals surface area contributed by atoms with E-state index in [1.165, 1.54) is 0 Å². The predicted molar refractivity (Wildman–Crippen MR) is 38.9 cm³/mol. The number of rotatable bonds is 1. The molecule has 0 aromatic heterocycles. The van der Waals surface area contributed by atoms with Crippen LogP contribution in [0.1, 0.15) is 12.8 Å². The average molecular weight is 143 g/mol. The highest BCUT2D eigenvalue weighted by Crippen LogP contribution is 2.08. The Labute approximate surface area is 59.9 Å². The van der Waals surface area contributed by atoms with E-state index in [2.05, 4.69) is 22.4 Å². The second-order valence-electron chi connectivity index (χ2n) is 2.09. The summed E-state index contributed by atoms with van der Waals surface area (Å²) in [5.74, 6) is 0. The molecule has 0 aromatic rings. The summed E-state index contributed by atoms with van der Waals surface area (Å²) in [7, 11) is 0. The molecule has 1 aliphatic heterocycles. The fourth-order valence-electron chi connectivity index (χ4n) is 0.900. The molecular formula is C6H9NOS. The van der Waals surface area contributed by atoms with Gasteiger partial charge in [-0.3, -0.25) is 0 Å². The van der Waals surface area contributed by atoms with Crippen molar-refractivity contribution in [3.63, 3.8) is 0 Å². The highest BCUT2D eigenvalue weighted by molar-refractivity contribution is 7.78. The van der Waals surface area contributed by atoms with Gasteiger partial charge in [-0.05, 0) is 25.1 Å². The number of hydrogen-bond acceptors (Lipinski definition) is 3. The van der Waals surface area contributed by atoms with Gasteiger partial charge in [0.2, 0.25) is 0 Å². The molecule has 1 aliphatic rings. The molecule has 9 heavy (non-hydrogen) atoms. The molecule has 1 rings (SSSR count). The number of ether oxygens (including phenoxy) is 1. The van der Waals surface area contributed by atoms with Crippen LogP contribution in [0.25, 0.3) is 0 Å². The fraction of sp³-hybridized carbons (Fsp3) is 0.833. The van der Waals surface area contributed by atoms with Crippen molar-refractivity contribution in [2.24, 2.45) is 4.99 Å². The van der Waals surface area contributed by atoms with E-state index in [1.807, 2.05) is 0 Å². The maximum atomic E-state index is 5.15. The van der Waals surface area contributed by atoms with Gasteiger partial charge in [0, 0.05) is 6.61 Å². The predicted octanol–water partition coefficient (Wildman–Crippen LogP) is 1.27. The lowest BCUT2D eigenvalue weighted by atomic mass is 10.1. The van der Waals surface area contributed by atoms with Crippen LogP contribution in [0.5, 0.6) is 0 Å². The van der Waals surface area contributed by atoms with E-state index in [1.54, 1.807) is 0 Å². The Balaban J connectivity index is 2.31. The van der Waals surface area contributed by atoms with Crippen molar-refractivity contribution in [2.45, 2.75) is 18.9 Å². The van der Waals surface area contributed by atoms with Crippen molar-refractivity contribution in [2.75, 3.05) is 13.2 Å². The minimum atomic E-state index is 0.288. The monoisotopic (exact) mass is 143 g/mol. The van der Waals surface area contributed by atoms with Gasteiger partial charge in [0.25, 0.3) is 0 Å². The maximum absolute atomic E-state index is 5.15. The van der Waals surface area contributed by atoms with E-state index < -0.39 is 0 Å². The summed E-state index contributed by atoms with van der Waals surface area (Å²) in [4.78, 5) is 3.92. The second-order valence-corrected chi connectivity index (χ2v) is 2.27. The summed E-state index contributed by atoms with van der Waals surface area (Å²) >= 11 is 4.46. The van der Waals surface area contributed by atoms with Gasteiger partial charge in [-0.25, -0.2) is 4.99 Å².